The Balaban J connectivity index is 1.72. The molecule has 168 valence electrons. The number of thiazole rings is 1. The number of carbonyl (C=O) groups excluding carboxylic acids is 1. The number of nitrogens with one attached hydrogen (secondary N) is 1. The average Bonchev–Trinajstić information content (AvgIpc) is 3.42. The monoisotopic (exact) mass is 465 g/mol. The number of benzene rings is 1. The molecule has 0 atom stereocenters. The summed E-state index contributed by atoms with van der Waals surface area (Å²) in [7, 11) is 1.59. The number of halogens is 1. The molecule has 8 nitrogen and oxygen atoms in total. The first-order valence-corrected chi connectivity index (χ1v) is 11.1. The van der Waals surface area contributed by atoms with E-state index in [0.29, 0.717) is 30.3 Å². The van der Waals surface area contributed by atoms with Crippen molar-refractivity contribution >= 4 is 22.4 Å². The smallest absolute Gasteiger partial charge is 0.251 e. The highest BCUT2D eigenvalue weighted by Crippen LogP contribution is 2.44. The lowest BCUT2D eigenvalue weighted by Gasteiger charge is -2.15. The van der Waals surface area contributed by atoms with E-state index in [-0.39, 0.29) is 0 Å². The molecule has 0 radical (unpaired) electrons. The van der Waals surface area contributed by atoms with Crippen LogP contribution in [0.4, 0.5) is 9.52 Å². The van der Waals surface area contributed by atoms with Crippen LogP contribution in [0.25, 0.3) is 27.5 Å². The van der Waals surface area contributed by atoms with Crippen LogP contribution in [0.2, 0.25) is 0 Å². The van der Waals surface area contributed by atoms with Crippen molar-refractivity contribution in [2.75, 3.05) is 19.0 Å². The summed E-state index contributed by atoms with van der Waals surface area (Å²) < 4.78 is 21.9. The predicted molar refractivity (Wildman–Crippen MR) is 122 cm³/mol. The number of aliphatic hydroxyl groups is 1. The molecule has 1 aromatic carbocycles. The Hall–Kier alpha value is -3.47. The Labute approximate surface area is 192 Å². The van der Waals surface area contributed by atoms with E-state index in [0.717, 1.165) is 38.6 Å². The summed E-state index contributed by atoms with van der Waals surface area (Å²) in [5.41, 5.74) is 5.20. The summed E-state index contributed by atoms with van der Waals surface area (Å²) in [4.78, 5) is 21.2. The van der Waals surface area contributed by atoms with Crippen molar-refractivity contribution in [3.63, 3.8) is 0 Å². The molecule has 10 heteroatoms. The Morgan fingerprint density at radius 2 is 2.21 bits per heavy atom. The molecule has 2 N–H and O–H groups in total. The van der Waals surface area contributed by atoms with Gasteiger partial charge in [0.25, 0.3) is 5.91 Å². The van der Waals surface area contributed by atoms with Gasteiger partial charge in [0.05, 0.1) is 28.6 Å². The van der Waals surface area contributed by atoms with Gasteiger partial charge in [-0.15, -0.1) is 0 Å². The SMILES string of the molecule is COCc1ccc(F)c(-n2nc(-c3cccnc3)c3c2-c2sc(NC(=O)CO)nc2CC3)c1. The van der Waals surface area contributed by atoms with Gasteiger partial charge in [0.15, 0.2) is 5.13 Å². The molecule has 0 fully saturated rings. The zero-order chi connectivity index (χ0) is 22.9. The molecule has 0 saturated carbocycles. The van der Waals surface area contributed by atoms with Crippen LogP contribution in [0.15, 0.2) is 42.7 Å². The highest BCUT2D eigenvalue weighted by Gasteiger charge is 2.30. The van der Waals surface area contributed by atoms with Gasteiger partial charge < -0.3 is 9.84 Å². The number of amides is 1. The van der Waals surface area contributed by atoms with Crippen LogP contribution >= 0.6 is 11.3 Å². The van der Waals surface area contributed by atoms with Gasteiger partial charge in [-0.2, -0.15) is 5.10 Å². The zero-order valence-corrected chi connectivity index (χ0v) is 18.5. The molecular weight excluding hydrogens is 445 g/mol. The molecular formula is C23H20FN5O3S. The van der Waals surface area contributed by atoms with Gasteiger partial charge in [0.2, 0.25) is 0 Å². The normalized spacial score (nSPS) is 12.3. The number of methoxy groups -OCH3 is 1. The molecule has 33 heavy (non-hydrogen) atoms. The number of carbonyl (C=O) groups is 1. The minimum atomic E-state index is -0.629. The van der Waals surface area contributed by atoms with E-state index in [1.54, 1.807) is 36.3 Å². The maximum absolute atomic E-state index is 15.1. The first-order valence-electron chi connectivity index (χ1n) is 10.3. The second-order valence-corrected chi connectivity index (χ2v) is 8.55. The predicted octanol–water partition coefficient (Wildman–Crippen LogP) is 3.37. The average molecular weight is 466 g/mol. The van der Waals surface area contributed by atoms with E-state index in [1.165, 1.54) is 17.4 Å². The van der Waals surface area contributed by atoms with E-state index < -0.39 is 18.3 Å². The number of pyridine rings is 1. The lowest BCUT2D eigenvalue weighted by Crippen LogP contribution is -2.15. The van der Waals surface area contributed by atoms with Crippen LogP contribution in [0.1, 0.15) is 16.8 Å². The van der Waals surface area contributed by atoms with E-state index in [2.05, 4.69) is 15.3 Å². The van der Waals surface area contributed by atoms with Gasteiger partial charge in [-0.05, 0) is 42.7 Å². The van der Waals surface area contributed by atoms with Crippen molar-refractivity contribution in [3.8, 4) is 27.5 Å². The fourth-order valence-electron chi connectivity index (χ4n) is 3.97. The number of aliphatic hydroxyl groups excluding tert-OH is 1. The van der Waals surface area contributed by atoms with Crippen LogP contribution < -0.4 is 5.32 Å². The van der Waals surface area contributed by atoms with Crippen LogP contribution in [0, 0.1) is 5.82 Å². The lowest BCUT2D eigenvalue weighted by molar-refractivity contribution is -0.118. The molecule has 0 aliphatic heterocycles. The summed E-state index contributed by atoms with van der Waals surface area (Å²) in [5.74, 6) is -0.951. The Morgan fingerprint density at radius 1 is 1.33 bits per heavy atom. The number of fused-ring (bicyclic) bond motifs is 3. The number of aromatic nitrogens is 4. The van der Waals surface area contributed by atoms with Gasteiger partial charge in [-0.1, -0.05) is 17.4 Å². The molecule has 3 aromatic heterocycles. The second-order valence-electron chi connectivity index (χ2n) is 7.55. The number of aryl methyl sites for hydroxylation is 1. The minimum Gasteiger partial charge on any atom is -0.387 e. The fourth-order valence-corrected chi connectivity index (χ4v) is 5.05. The van der Waals surface area contributed by atoms with Crippen molar-refractivity contribution in [3.05, 3.63) is 65.4 Å². The number of hydrogen-bond donors (Lipinski definition) is 2. The molecule has 0 unspecified atom stereocenters. The highest BCUT2D eigenvalue weighted by atomic mass is 32.1. The molecule has 1 aliphatic carbocycles. The summed E-state index contributed by atoms with van der Waals surface area (Å²) in [5, 5.41) is 16.9. The maximum atomic E-state index is 15.1. The maximum Gasteiger partial charge on any atom is 0.251 e. The van der Waals surface area contributed by atoms with Crippen LogP contribution in [-0.4, -0.2) is 44.5 Å². The van der Waals surface area contributed by atoms with Crippen molar-refractivity contribution in [2.24, 2.45) is 0 Å². The summed E-state index contributed by atoms with van der Waals surface area (Å²) in [6.45, 7) is -0.286. The molecule has 3 heterocycles. The molecule has 1 aliphatic rings. The number of ether oxygens (including phenoxy) is 1. The topological polar surface area (TPSA) is 102 Å². The highest BCUT2D eigenvalue weighted by molar-refractivity contribution is 7.19. The van der Waals surface area contributed by atoms with Crippen molar-refractivity contribution in [2.45, 2.75) is 19.4 Å². The molecule has 0 spiro atoms. The van der Waals surface area contributed by atoms with Crippen molar-refractivity contribution in [1.29, 1.82) is 0 Å². The Bertz CT molecular complexity index is 1340. The third-order valence-corrected chi connectivity index (χ3v) is 6.40. The van der Waals surface area contributed by atoms with Gasteiger partial charge in [0, 0.05) is 30.6 Å². The van der Waals surface area contributed by atoms with E-state index in [9.17, 15) is 4.79 Å². The first kappa shape index (κ1) is 21.4. The standard InChI is InChI=1S/C23H20FN5O3S/c1-32-12-13-4-6-16(24)18(9-13)29-21-15(20(28-29)14-3-2-8-25-10-14)5-7-17-22(21)33-23(26-17)27-19(31)11-30/h2-4,6,8-10,30H,5,7,11-12H2,1H3,(H,26,27,31). The third-order valence-electron chi connectivity index (χ3n) is 5.38. The largest absolute Gasteiger partial charge is 0.387 e. The summed E-state index contributed by atoms with van der Waals surface area (Å²) in [6, 6.07) is 8.57. The van der Waals surface area contributed by atoms with Gasteiger partial charge >= 0.3 is 0 Å². The Morgan fingerprint density at radius 3 is 2.97 bits per heavy atom. The molecule has 0 bridgehead atoms. The summed E-state index contributed by atoms with van der Waals surface area (Å²) >= 11 is 1.28. The quantitative estimate of drug-likeness (QED) is 0.453. The molecule has 1 amide bonds. The van der Waals surface area contributed by atoms with Crippen LogP contribution in [0.3, 0.4) is 0 Å². The van der Waals surface area contributed by atoms with Crippen molar-refractivity contribution in [1.82, 2.24) is 19.7 Å². The first-order chi connectivity index (χ1) is 16.1. The fraction of sp³-hybridized carbons (Fsp3) is 0.217. The Kier molecular flexibility index (Phi) is 5.71. The van der Waals surface area contributed by atoms with E-state index >= 15 is 4.39 Å². The number of hydrogen-bond acceptors (Lipinski definition) is 7. The molecule has 0 saturated heterocycles. The molecule has 4 aromatic rings. The third kappa shape index (κ3) is 3.92. The lowest BCUT2D eigenvalue weighted by atomic mass is 9.95. The van der Waals surface area contributed by atoms with Gasteiger partial charge in [-0.3, -0.25) is 15.1 Å². The van der Waals surface area contributed by atoms with Gasteiger partial charge in [-0.25, -0.2) is 14.1 Å². The van der Waals surface area contributed by atoms with E-state index in [1.807, 2.05) is 12.1 Å². The van der Waals surface area contributed by atoms with E-state index in [4.69, 9.17) is 14.9 Å². The van der Waals surface area contributed by atoms with Crippen molar-refractivity contribution < 1.29 is 19.0 Å². The second kappa shape index (κ2) is 8.81. The summed E-state index contributed by atoms with van der Waals surface area (Å²) in [6.07, 6.45) is 4.74. The number of rotatable bonds is 6. The zero-order valence-electron chi connectivity index (χ0n) is 17.7. The van der Waals surface area contributed by atoms with Crippen LogP contribution in [0.5, 0.6) is 0 Å². The number of anilines is 1. The minimum absolute atomic E-state index is 0.304. The van der Waals surface area contributed by atoms with Crippen LogP contribution in [-0.2, 0) is 29.0 Å². The number of nitrogens with zero attached hydrogens (tertiary/aromatic N) is 4. The van der Waals surface area contributed by atoms with Gasteiger partial charge in [0.1, 0.15) is 18.1 Å². The molecule has 5 rings (SSSR count).